The van der Waals surface area contributed by atoms with E-state index in [0.717, 1.165) is 16.9 Å². The molecule has 5 rings (SSSR count). The van der Waals surface area contributed by atoms with Gasteiger partial charge in [-0.1, -0.05) is 0 Å². The highest BCUT2D eigenvalue weighted by atomic mass is 19.4. The van der Waals surface area contributed by atoms with E-state index in [1.807, 2.05) is 4.90 Å². The van der Waals surface area contributed by atoms with Crippen LogP contribution in [0.4, 0.5) is 27.8 Å². The molecule has 12 heteroatoms. The summed E-state index contributed by atoms with van der Waals surface area (Å²) in [5.41, 5.74) is -0.209. The van der Waals surface area contributed by atoms with Gasteiger partial charge in [0, 0.05) is 31.3 Å². The number of ether oxygens (including phenoxy) is 1. The van der Waals surface area contributed by atoms with Crippen LogP contribution in [-0.2, 0) is 12.7 Å². The molecule has 1 saturated carbocycles. The summed E-state index contributed by atoms with van der Waals surface area (Å²) >= 11 is 0. The first kappa shape index (κ1) is 19.9. The third-order valence-electron chi connectivity index (χ3n) is 5.80. The molecule has 1 aliphatic heterocycles. The lowest BCUT2D eigenvalue weighted by Gasteiger charge is -2.20. The first-order chi connectivity index (χ1) is 14.8. The van der Waals surface area contributed by atoms with Gasteiger partial charge in [0.05, 0.1) is 19.0 Å². The van der Waals surface area contributed by atoms with Gasteiger partial charge in [0.15, 0.2) is 5.65 Å². The van der Waals surface area contributed by atoms with Crippen LogP contribution in [0.1, 0.15) is 5.69 Å². The quantitative estimate of drug-likeness (QED) is 0.548. The number of piperidine rings is 1. The second kappa shape index (κ2) is 7.27. The van der Waals surface area contributed by atoms with E-state index in [1.54, 1.807) is 6.20 Å². The second-order valence-electron chi connectivity index (χ2n) is 7.74. The Morgan fingerprint density at radius 3 is 2.61 bits per heavy atom. The minimum atomic E-state index is -4.51. The zero-order valence-electron chi connectivity index (χ0n) is 16.0. The van der Waals surface area contributed by atoms with Gasteiger partial charge in [0.1, 0.15) is 29.3 Å². The molecule has 0 spiro atoms. The van der Waals surface area contributed by atoms with Crippen molar-refractivity contribution in [3.8, 4) is 5.75 Å². The number of halogens is 5. The van der Waals surface area contributed by atoms with Crippen LogP contribution >= 0.6 is 0 Å². The largest absolute Gasteiger partial charge is 0.493 e. The van der Waals surface area contributed by atoms with Crippen LogP contribution in [0.25, 0.3) is 11.2 Å². The van der Waals surface area contributed by atoms with Crippen molar-refractivity contribution >= 4 is 17.0 Å². The summed E-state index contributed by atoms with van der Waals surface area (Å²) in [6.07, 6.45) is -2.96. The van der Waals surface area contributed by atoms with Crippen molar-refractivity contribution in [3.05, 3.63) is 36.4 Å². The Balaban J connectivity index is 1.20. The molecule has 4 heterocycles. The normalized spacial score (nSPS) is 22.9. The van der Waals surface area contributed by atoms with E-state index in [2.05, 4.69) is 20.1 Å². The molecule has 0 amide bonds. The van der Waals surface area contributed by atoms with E-state index in [4.69, 9.17) is 4.74 Å². The molecule has 2 aliphatic rings. The highest BCUT2D eigenvalue weighted by Crippen LogP contribution is 2.52. The monoisotopic (exact) mass is 440 g/mol. The number of hydrogen-bond acceptors (Lipinski definition) is 6. The second-order valence-corrected chi connectivity index (χ2v) is 7.74. The van der Waals surface area contributed by atoms with Crippen molar-refractivity contribution in [2.75, 3.05) is 24.6 Å². The maximum Gasteiger partial charge on any atom is 0.433 e. The van der Waals surface area contributed by atoms with E-state index in [9.17, 15) is 22.0 Å². The third-order valence-corrected chi connectivity index (χ3v) is 5.80. The first-order valence-corrected chi connectivity index (χ1v) is 9.67. The van der Waals surface area contributed by atoms with Crippen molar-refractivity contribution in [3.63, 3.8) is 0 Å². The van der Waals surface area contributed by atoms with Gasteiger partial charge < -0.3 is 9.64 Å². The van der Waals surface area contributed by atoms with Crippen molar-refractivity contribution in [1.29, 1.82) is 0 Å². The number of hydrogen-bond donors (Lipinski definition) is 0. The molecule has 164 valence electrons. The molecule has 3 aromatic heterocycles. The summed E-state index contributed by atoms with van der Waals surface area (Å²) in [7, 11) is 0. The summed E-state index contributed by atoms with van der Waals surface area (Å²) in [6.45, 7) is 1.19. The van der Waals surface area contributed by atoms with Crippen LogP contribution in [0.2, 0.25) is 0 Å². The Morgan fingerprint density at radius 2 is 1.90 bits per heavy atom. The van der Waals surface area contributed by atoms with Crippen LogP contribution in [0, 0.1) is 17.8 Å². The van der Waals surface area contributed by atoms with Gasteiger partial charge >= 0.3 is 6.18 Å². The molecule has 0 aromatic carbocycles. The van der Waals surface area contributed by atoms with E-state index in [-0.39, 0.29) is 11.7 Å². The van der Waals surface area contributed by atoms with Gasteiger partial charge in [-0.2, -0.15) is 18.3 Å². The van der Waals surface area contributed by atoms with Crippen LogP contribution < -0.4 is 9.64 Å². The molecular formula is C19H17F5N6O. The third kappa shape index (κ3) is 3.86. The average molecular weight is 440 g/mol. The molecule has 3 aromatic rings. The lowest BCUT2D eigenvalue weighted by Crippen LogP contribution is -2.26. The Kier molecular flexibility index (Phi) is 4.67. The molecule has 0 N–H and O–H groups in total. The Morgan fingerprint density at radius 1 is 1.13 bits per heavy atom. The van der Waals surface area contributed by atoms with Crippen molar-refractivity contribution in [2.45, 2.75) is 19.1 Å². The molecule has 31 heavy (non-hydrogen) atoms. The molecule has 0 radical (unpaired) electrons. The zero-order chi connectivity index (χ0) is 21.8. The van der Waals surface area contributed by atoms with Crippen LogP contribution in [0.3, 0.4) is 0 Å². The van der Waals surface area contributed by atoms with Gasteiger partial charge in [-0.25, -0.2) is 23.4 Å². The van der Waals surface area contributed by atoms with Gasteiger partial charge in [-0.05, 0) is 17.9 Å². The molecule has 0 bridgehead atoms. The van der Waals surface area contributed by atoms with Crippen LogP contribution in [0.15, 0.2) is 30.7 Å². The minimum absolute atomic E-state index is 0.146. The Hall–Kier alpha value is -3.05. The Bertz CT molecular complexity index is 1090. The minimum Gasteiger partial charge on any atom is -0.493 e. The summed E-state index contributed by atoms with van der Waals surface area (Å²) in [5.74, 6) is 1.67. The average Bonchev–Trinajstić information content (AvgIpc) is 3.04. The fraction of sp³-hybridized carbons (Fsp3) is 0.474. The fourth-order valence-corrected chi connectivity index (χ4v) is 4.19. The number of rotatable bonds is 6. The number of nitrogens with zero attached hydrogens (tertiary/aromatic N) is 6. The van der Waals surface area contributed by atoms with Gasteiger partial charge in [0.2, 0.25) is 0 Å². The topological polar surface area (TPSA) is 69.0 Å². The number of fused-ring (bicyclic) bond motifs is 2. The number of anilines is 1. The highest BCUT2D eigenvalue weighted by molar-refractivity contribution is 5.71. The van der Waals surface area contributed by atoms with Gasteiger partial charge in [0.25, 0.3) is 6.43 Å². The molecule has 1 saturated heterocycles. The summed E-state index contributed by atoms with van der Waals surface area (Å²) in [6, 6.07) is 2.31. The lowest BCUT2D eigenvalue weighted by atomic mass is 10.2. The van der Waals surface area contributed by atoms with Crippen molar-refractivity contribution in [2.24, 2.45) is 17.8 Å². The molecule has 1 unspecified atom stereocenters. The van der Waals surface area contributed by atoms with Crippen molar-refractivity contribution in [1.82, 2.24) is 24.7 Å². The number of pyridine rings is 1. The zero-order valence-corrected chi connectivity index (χ0v) is 16.0. The van der Waals surface area contributed by atoms with Gasteiger partial charge in [-0.3, -0.25) is 4.98 Å². The van der Waals surface area contributed by atoms with E-state index >= 15 is 0 Å². The number of alkyl halides is 5. The lowest BCUT2D eigenvalue weighted by molar-refractivity contribution is -0.141. The number of aromatic nitrogens is 5. The maximum atomic E-state index is 12.8. The first-order valence-electron chi connectivity index (χ1n) is 9.67. The molecule has 3 atom stereocenters. The van der Waals surface area contributed by atoms with Crippen LogP contribution in [0.5, 0.6) is 5.75 Å². The van der Waals surface area contributed by atoms with Crippen LogP contribution in [-0.4, -0.2) is 50.9 Å². The molecule has 1 aliphatic carbocycles. The van der Waals surface area contributed by atoms with E-state index in [0.29, 0.717) is 48.5 Å². The molecule has 2 fully saturated rings. The molecule has 7 nitrogen and oxygen atoms in total. The maximum absolute atomic E-state index is 12.8. The summed E-state index contributed by atoms with van der Waals surface area (Å²) < 4.78 is 70.4. The van der Waals surface area contributed by atoms with E-state index in [1.165, 1.54) is 12.3 Å². The van der Waals surface area contributed by atoms with Gasteiger partial charge in [-0.15, -0.1) is 0 Å². The smallest absolute Gasteiger partial charge is 0.433 e. The standard InChI is InChI=1S/C19H17F5N6O/c20-16(21)8-30-18-14(4-27-30)26-5-17(28-18)29-6-11-12(7-29)13(11)9-31-10-1-2-25-15(3-10)19(22,23)24/h1-5,11-13,16H,6-9H2/t11-,12+,13?. The Labute approximate surface area is 172 Å². The van der Waals surface area contributed by atoms with Crippen molar-refractivity contribution < 1.29 is 26.7 Å². The summed E-state index contributed by atoms with van der Waals surface area (Å²) in [5, 5.41) is 3.92. The molecular weight excluding hydrogens is 423 g/mol. The van der Waals surface area contributed by atoms with E-state index < -0.39 is 24.8 Å². The summed E-state index contributed by atoms with van der Waals surface area (Å²) in [4.78, 5) is 14.1. The predicted molar refractivity (Wildman–Crippen MR) is 98.7 cm³/mol. The predicted octanol–water partition coefficient (Wildman–Crippen LogP) is 3.27. The highest BCUT2D eigenvalue weighted by Gasteiger charge is 2.56. The SMILES string of the molecule is FC(F)Cn1ncc2ncc(N3C[C@@H]4C(COc5ccnc(C(F)(F)F)c5)[C@@H]4C3)nc21. The fourth-order valence-electron chi connectivity index (χ4n) is 4.19.